The summed E-state index contributed by atoms with van der Waals surface area (Å²) in [5.41, 5.74) is 5.33. The van der Waals surface area contributed by atoms with Crippen LogP contribution in [0.15, 0.2) is 29.4 Å². The molecule has 118 valence electrons. The van der Waals surface area contributed by atoms with E-state index < -0.39 is 17.7 Å². The summed E-state index contributed by atoms with van der Waals surface area (Å²) in [4.78, 5) is 15.6. The van der Waals surface area contributed by atoms with E-state index in [1.54, 1.807) is 27.8 Å². The van der Waals surface area contributed by atoms with Crippen LogP contribution in [-0.2, 0) is 4.79 Å². The highest BCUT2D eigenvalue weighted by Crippen LogP contribution is 2.30. The minimum absolute atomic E-state index is 0.214. The number of pyridine rings is 1. The standard InChI is InChI=1S/C14H22N2O3S2/c15-14(19)12(11(9-17)10-18)5-2-4-8-20-21-13-6-1-3-7-16-13/h1,3,6-7,11-12,17-18H,2,4-5,8-10H2,(H2,15,19). The van der Waals surface area contributed by atoms with E-state index >= 15 is 0 Å². The Hall–Kier alpha value is -0.760. The number of primary amides is 1. The number of aliphatic hydroxyl groups is 2. The fourth-order valence-corrected chi connectivity index (χ4v) is 3.97. The van der Waals surface area contributed by atoms with Crippen LogP contribution in [0.1, 0.15) is 19.3 Å². The molecule has 0 aliphatic carbocycles. The van der Waals surface area contributed by atoms with Crippen LogP contribution in [0, 0.1) is 11.8 Å². The lowest BCUT2D eigenvalue weighted by molar-refractivity contribution is -0.125. The molecule has 1 aromatic heterocycles. The smallest absolute Gasteiger partial charge is 0.220 e. The molecule has 0 radical (unpaired) electrons. The van der Waals surface area contributed by atoms with Gasteiger partial charge in [0.1, 0.15) is 5.03 Å². The van der Waals surface area contributed by atoms with Crippen molar-refractivity contribution in [2.24, 2.45) is 17.6 Å². The highest BCUT2D eigenvalue weighted by molar-refractivity contribution is 8.76. The molecule has 0 aliphatic heterocycles. The van der Waals surface area contributed by atoms with Gasteiger partial charge in [0, 0.05) is 37.0 Å². The van der Waals surface area contributed by atoms with Crippen molar-refractivity contribution in [3.8, 4) is 0 Å². The molecule has 1 aromatic rings. The van der Waals surface area contributed by atoms with Gasteiger partial charge in [0.2, 0.25) is 5.91 Å². The quantitative estimate of drug-likeness (QED) is 0.422. The highest BCUT2D eigenvalue weighted by Gasteiger charge is 2.24. The van der Waals surface area contributed by atoms with E-state index in [9.17, 15) is 4.79 Å². The molecule has 0 aromatic carbocycles. The zero-order chi connectivity index (χ0) is 15.5. The van der Waals surface area contributed by atoms with Crippen LogP contribution in [0.2, 0.25) is 0 Å². The van der Waals surface area contributed by atoms with Crippen molar-refractivity contribution < 1.29 is 15.0 Å². The number of aromatic nitrogens is 1. The Kier molecular flexibility index (Phi) is 9.49. The number of amides is 1. The molecule has 0 saturated heterocycles. The van der Waals surface area contributed by atoms with Gasteiger partial charge in [-0.2, -0.15) is 0 Å². The number of nitrogens with zero attached hydrogens (tertiary/aromatic N) is 1. The molecule has 0 spiro atoms. The highest BCUT2D eigenvalue weighted by atomic mass is 33.1. The Morgan fingerprint density at radius 1 is 1.29 bits per heavy atom. The van der Waals surface area contributed by atoms with E-state index in [0.717, 1.165) is 23.6 Å². The first-order valence-corrected chi connectivity index (χ1v) is 9.22. The van der Waals surface area contributed by atoms with Gasteiger partial charge in [0.05, 0.1) is 0 Å². The number of hydrogen-bond donors (Lipinski definition) is 3. The first kappa shape index (κ1) is 18.3. The first-order chi connectivity index (χ1) is 10.2. The Morgan fingerprint density at radius 2 is 2.05 bits per heavy atom. The number of carbonyl (C=O) groups excluding carboxylic acids is 1. The summed E-state index contributed by atoms with van der Waals surface area (Å²) in [6.07, 6.45) is 4.18. The maximum absolute atomic E-state index is 11.3. The van der Waals surface area contributed by atoms with Gasteiger partial charge in [-0.1, -0.05) is 23.3 Å². The van der Waals surface area contributed by atoms with Crippen LogP contribution in [0.5, 0.6) is 0 Å². The summed E-state index contributed by atoms with van der Waals surface area (Å²) in [6, 6.07) is 5.81. The molecule has 1 unspecified atom stereocenters. The molecule has 0 fully saturated rings. The minimum Gasteiger partial charge on any atom is -0.396 e. The molecule has 1 heterocycles. The molecular formula is C14H22N2O3S2. The van der Waals surface area contributed by atoms with Gasteiger partial charge in [-0.05, 0) is 35.8 Å². The van der Waals surface area contributed by atoms with E-state index in [-0.39, 0.29) is 13.2 Å². The number of aliphatic hydroxyl groups excluding tert-OH is 2. The molecule has 1 rings (SSSR count). The second-order valence-electron chi connectivity index (χ2n) is 4.70. The maximum atomic E-state index is 11.3. The molecule has 5 nitrogen and oxygen atoms in total. The fourth-order valence-electron chi connectivity index (χ4n) is 1.95. The summed E-state index contributed by atoms with van der Waals surface area (Å²) >= 11 is 0. The minimum atomic E-state index is -0.451. The van der Waals surface area contributed by atoms with Gasteiger partial charge < -0.3 is 15.9 Å². The summed E-state index contributed by atoms with van der Waals surface area (Å²) in [7, 11) is 3.36. The fraction of sp³-hybridized carbons (Fsp3) is 0.571. The second kappa shape index (κ2) is 10.9. The van der Waals surface area contributed by atoms with Crippen molar-refractivity contribution in [2.75, 3.05) is 19.0 Å². The van der Waals surface area contributed by atoms with Crippen molar-refractivity contribution in [1.29, 1.82) is 0 Å². The lowest BCUT2D eigenvalue weighted by atomic mass is 9.88. The van der Waals surface area contributed by atoms with Crippen molar-refractivity contribution in [3.05, 3.63) is 24.4 Å². The van der Waals surface area contributed by atoms with Gasteiger partial charge in [0.25, 0.3) is 0 Å². The van der Waals surface area contributed by atoms with E-state index in [0.29, 0.717) is 6.42 Å². The Labute approximate surface area is 133 Å². The van der Waals surface area contributed by atoms with E-state index in [2.05, 4.69) is 4.98 Å². The summed E-state index contributed by atoms with van der Waals surface area (Å²) in [5.74, 6) is -0.388. The summed E-state index contributed by atoms with van der Waals surface area (Å²) in [6.45, 7) is -0.428. The number of carbonyl (C=O) groups is 1. The van der Waals surface area contributed by atoms with E-state index in [4.69, 9.17) is 15.9 Å². The van der Waals surface area contributed by atoms with Crippen LogP contribution in [0.4, 0.5) is 0 Å². The number of nitrogens with two attached hydrogens (primary N) is 1. The Morgan fingerprint density at radius 3 is 2.62 bits per heavy atom. The third kappa shape index (κ3) is 7.17. The summed E-state index contributed by atoms with van der Waals surface area (Å²) < 4.78 is 0. The van der Waals surface area contributed by atoms with Crippen molar-refractivity contribution in [3.63, 3.8) is 0 Å². The van der Waals surface area contributed by atoms with Crippen LogP contribution in [-0.4, -0.2) is 40.1 Å². The molecule has 0 bridgehead atoms. The molecule has 4 N–H and O–H groups in total. The molecule has 0 saturated carbocycles. The topological polar surface area (TPSA) is 96.4 Å². The van der Waals surface area contributed by atoms with Gasteiger partial charge >= 0.3 is 0 Å². The largest absolute Gasteiger partial charge is 0.396 e. The van der Waals surface area contributed by atoms with Crippen LogP contribution < -0.4 is 5.73 Å². The van der Waals surface area contributed by atoms with Crippen LogP contribution >= 0.6 is 21.6 Å². The zero-order valence-electron chi connectivity index (χ0n) is 11.9. The van der Waals surface area contributed by atoms with Gasteiger partial charge in [-0.25, -0.2) is 4.98 Å². The van der Waals surface area contributed by atoms with Gasteiger partial charge in [-0.3, -0.25) is 4.79 Å². The first-order valence-electron chi connectivity index (χ1n) is 6.90. The molecule has 1 amide bonds. The average molecular weight is 330 g/mol. The SMILES string of the molecule is NC(=O)C(CCCCSSc1ccccn1)C(CO)CO. The van der Waals surface area contributed by atoms with E-state index in [1.165, 1.54) is 0 Å². The zero-order valence-corrected chi connectivity index (χ0v) is 13.5. The van der Waals surface area contributed by atoms with Gasteiger partial charge in [-0.15, -0.1) is 0 Å². The molecule has 0 aliphatic rings. The van der Waals surface area contributed by atoms with Crippen LogP contribution in [0.3, 0.4) is 0 Å². The average Bonchev–Trinajstić information content (AvgIpc) is 2.50. The van der Waals surface area contributed by atoms with Crippen molar-refractivity contribution in [1.82, 2.24) is 4.98 Å². The molecule has 7 heteroatoms. The third-order valence-corrected chi connectivity index (χ3v) is 5.53. The second-order valence-corrected chi connectivity index (χ2v) is 7.14. The molecule has 1 atom stereocenters. The number of rotatable bonds is 11. The van der Waals surface area contributed by atoms with Gasteiger partial charge in [0.15, 0.2) is 0 Å². The number of unbranched alkanes of at least 4 members (excludes halogenated alkanes) is 1. The lowest BCUT2D eigenvalue weighted by Gasteiger charge is -2.20. The molecular weight excluding hydrogens is 308 g/mol. The van der Waals surface area contributed by atoms with Crippen molar-refractivity contribution in [2.45, 2.75) is 24.3 Å². The molecule has 21 heavy (non-hydrogen) atoms. The normalized spacial score (nSPS) is 12.5. The predicted octanol–water partition coefficient (Wildman–Crippen LogP) is 1.69. The third-order valence-electron chi connectivity index (χ3n) is 3.18. The maximum Gasteiger partial charge on any atom is 0.220 e. The van der Waals surface area contributed by atoms with Crippen LogP contribution in [0.25, 0.3) is 0 Å². The Balaban J connectivity index is 2.18. The predicted molar refractivity (Wildman–Crippen MR) is 86.7 cm³/mol. The van der Waals surface area contributed by atoms with E-state index in [1.807, 2.05) is 18.2 Å². The summed E-state index contributed by atoms with van der Waals surface area (Å²) in [5, 5.41) is 19.2. The van der Waals surface area contributed by atoms with Crippen molar-refractivity contribution >= 4 is 27.5 Å². The monoisotopic (exact) mass is 330 g/mol. The lowest BCUT2D eigenvalue weighted by Crippen LogP contribution is -2.33. The number of hydrogen-bond acceptors (Lipinski definition) is 6. The Bertz CT molecular complexity index is 402.